The van der Waals surface area contributed by atoms with E-state index >= 15 is 0 Å². The number of hydrogen-bond acceptors (Lipinski definition) is 4. The van der Waals surface area contributed by atoms with Crippen molar-refractivity contribution in [2.45, 2.75) is 71.4 Å². The SMILES string of the molecule is CCCC(C(=O)N1CCC(CC(N)=O)CC1)N1CCNC(CC(C)C)C1=O. The smallest absolute Gasteiger partial charge is 0.245 e. The average molecular weight is 381 g/mol. The Morgan fingerprint density at radius 2 is 1.89 bits per heavy atom. The molecule has 0 saturated carbocycles. The molecule has 27 heavy (non-hydrogen) atoms. The first kappa shape index (κ1) is 21.7. The lowest BCUT2D eigenvalue weighted by molar-refractivity contribution is -0.150. The molecule has 2 atom stereocenters. The van der Waals surface area contributed by atoms with Crippen LogP contribution in [0.3, 0.4) is 0 Å². The Balaban J connectivity index is 2.02. The summed E-state index contributed by atoms with van der Waals surface area (Å²) in [5, 5.41) is 3.31. The fourth-order valence-electron chi connectivity index (χ4n) is 4.26. The molecule has 0 aliphatic carbocycles. The van der Waals surface area contributed by atoms with Crippen molar-refractivity contribution in [2.24, 2.45) is 17.6 Å². The summed E-state index contributed by atoms with van der Waals surface area (Å²) in [6.07, 6.45) is 4.35. The van der Waals surface area contributed by atoms with Gasteiger partial charge in [0.1, 0.15) is 6.04 Å². The molecule has 2 unspecified atom stereocenters. The summed E-state index contributed by atoms with van der Waals surface area (Å²) in [5.74, 6) is 0.549. The van der Waals surface area contributed by atoms with Gasteiger partial charge in [0.15, 0.2) is 0 Å². The maximum Gasteiger partial charge on any atom is 0.245 e. The largest absolute Gasteiger partial charge is 0.370 e. The maximum absolute atomic E-state index is 13.2. The minimum atomic E-state index is -0.369. The van der Waals surface area contributed by atoms with Gasteiger partial charge in [-0.1, -0.05) is 27.2 Å². The molecule has 0 aromatic heterocycles. The van der Waals surface area contributed by atoms with Crippen molar-refractivity contribution >= 4 is 17.7 Å². The van der Waals surface area contributed by atoms with E-state index in [2.05, 4.69) is 26.1 Å². The van der Waals surface area contributed by atoms with Crippen molar-refractivity contribution in [1.82, 2.24) is 15.1 Å². The van der Waals surface area contributed by atoms with Gasteiger partial charge in [0.2, 0.25) is 17.7 Å². The van der Waals surface area contributed by atoms with Crippen LogP contribution in [0.2, 0.25) is 0 Å². The van der Waals surface area contributed by atoms with E-state index in [-0.39, 0.29) is 35.7 Å². The number of piperazine rings is 1. The van der Waals surface area contributed by atoms with Gasteiger partial charge in [0.05, 0.1) is 6.04 Å². The summed E-state index contributed by atoms with van der Waals surface area (Å²) in [4.78, 5) is 41.0. The Labute approximate surface area is 163 Å². The second-order valence-electron chi connectivity index (χ2n) is 8.41. The van der Waals surface area contributed by atoms with E-state index in [0.717, 1.165) is 32.2 Å². The van der Waals surface area contributed by atoms with Gasteiger partial charge >= 0.3 is 0 Å². The zero-order chi connectivity index (χ0) is 20.0. The number of likely N-dealkylation sites (tertiary alicyclic amines) is 1. The highest BCUT2D eigenvalue weighted by Crippen LogP contribution is 2.23. The molecule has 2 rings (SSSR count). The van der Waals surface area contributed by atoms with E-state index in [1.54, 1.807) is 0 Å². The minimum absolute atomic E-state index is 0.0605. The molecule has 3 amide bonds. The van der Waals surface area contributed by atoms with Gasteiger partial charge in [-0.25, -0.2) is 0 Å². The van der Waals surface area contributed by atoms with Gasteiger partial charge in [-0.15, -0.1) is 0 Å². The molecule has 0 bridgehead atoms. The molecule has 0 spiro atoms. The quantitative estimate of drug-likeness (QED) is 0.659. The van der Waals surface area contributed by atoms with Gasteiger partial charge in [0.25, 0.3) is 0 Å². The lowest BCUT2D eigenvalue weighted by Gasteiger charge is -2.41. The number of nitrogens with zero attached hydrogens (tertiary/aromatic N) is 2. The molecular weight excluding hydrogens is 344 g/mol. The number of piperidine rings is 1. The number of primary amides is 1. The highest BCUT2D eigenvalue weighted by molar-refractivity contribution is 5.90. The van der Waals surface area contributed by atoms with Gasteiger partial charge in [-0.3, -0.25) is 14.4 Å². The first-order valence-corrected chi connectivity index (χ1v) is 10.4. The molecule has 2 aliphatic heterocycles. The van der Waals surface area contributed by atoms with Crippen molar-refractivity contribution in [3.05, 3.63) is 0 Å². The van der Waals surface area contributed by atoms with Crippen molar-refractivity contribution in [3.63, 3.8) is 0 Å². The summed E-state index contributed by atoms with van der Waals surface area (Å²) in [7, 11) is 0. The number of amides is 3. The van der Waals surface area contributed by atoms with Crippen LogP contribution in [0.5, 0.6) is 0 Å². The molecular formula is C20H36N4O3. The lowest BCUT2D eigenvalue weighted by Crippen LogP contribution is -2.62. The molecule has 0 aromatic rings. The number of nitrogens with one attached hydrogen (secondary N) is 1. The van der Waals surface area contributed by atoms with E-state index in [1.807, 2.05) is 9.80 Å². The van der Waals surface area contributed by atoms with Crippen LogP contribution >= 0.6 is 0 Å². The van der Waals surface area contributed by atoms with Gasteiger partial charge in [-0.05, 0) is 37.5 Å². The first-order valence-electron chi connectivity index (χ1n) is 10.4. The minimum Gasteiger partial charge on any atom is -0.370 e. The third kappa shape index (κ3) is 5.92. The van der Waals surface area contributed by atoms with Gasteiger partial charge in [-0.2, -0.15) is 0 Å². The second-order valence-corrected chi connectivity index (χ2v) is 8.41. The van der Waals surface area contributed by atoms with Crippen molar-refractivity contribution in [1.29, 1.82) is 0 Å². The van der Waals surface area contributed by atoms with Crippen LogP contribution in [0.15, 0.2) is 0 Å². The van der Waals surface area contributed by atoms with E-state index < -0.39 is 0 Å². The van der Waals surface area contributed by atoms with Crippen molar-refractivity contribution in [2.75, 3.05) is 26.2 Å². The summed E-state index contributed by atoms with van der Waals surface area (Å²) >= 11 is 0. The van der Waals surface area contributed by atoms with Crippen LogP contribution in [0.4, 0.5) is 0 Å². The zero-order valence-electron chi connectivity index (χ0n) is 17.1. The Morgan fingerprint density at radius 3 is 2.44 bits per heavy atom. The number of carbonyl (C=O) groups is 3. The van der Waals surface area contributed by atoms with E-state index in [4.69, 9.17) is 5.73 Å². The molecule has 2 heterocycles. The van der Waals surface area contributed by atoms with E-state index in [1.165, 1.54) is 0 Å². The van der Waals surface area contributed by atoms with E-state index in [0.29, 0.717) is 38.4 Å². The third-order valence-corrected chi connectivity index (χ3v) is 5.67. The Bertz CT molecular complexity index is 529. The van der Waals surface area contributed by atoms with Crippen molar-refractivity contribution < 1.29 is 14.4 Å². The molecule has 154 valence electrons. The predicted molar refractivity (Wildman–Crippen MR) is 105 cm³/mol. The van der Waals surface area contributed by atoms with Crippen LogP contribution in [0.25, 0.3) is 0 Å². The molecule has 2 aliphatic rings. The molecule has 2 fully saturated rings. The van der Waals surface area contributed by atoms with Crippen LogP contribution in [0.1, 0.15) is 59.3 Å². The Kier molecular flexibility index (Phi) is 8.07. The topological polar surface area (TPSA) is 95.7 Å². The molecule has 0 aromatic carbocycles. The van der Waals surface area contributed by atoms with Crippen LogP contribution in [-0.2, 0) is 14.4 Å². The summed E-state index contributed by atoms with van der Waals surface area (Å²) in [6.45, 7) is 8.88. The summed E-state index contributed by atoms with van der Waals surface area (Å²) in [5.41, 5.74) is 5.30. The third-order valence-electron chi connectivity index (χ3n) is 5.67. The number of carbonyl (C=O) groups excluding carboxylic acids is 3. The number of nitrogens with two attached hydrogens (primary N) is 1. The maximum atomic E-state index is 13.2. The first-order chi connectivity index (χ1) is 12.8. The Morgan fingerprint density at radius 1 is 1.22 bits per heavy atom. The molecule has 2 saturated heterocycles. The fraction of sp³-hybridized carbons (Fsp3) is 0.850. The van der Waals surface area contributed by atoms with Crippen LogP contribution in [-0.4, -0.2) is 65.8 Å². The van der Waals surface area contributed by atoms with Crippen molar-refractivity contribution in [3.8, 4) is 0 Å². The van der Waals surface area contributed by atoms with Crippen LogP contribution < -0.4 is 11.1 Å². The van der Waals surface area contributed by atoms with Gasteiger partial charge < -0.3 is 20.9 Å². The highest BCUT2D eigenvalue weighted by Gasteiger charge is 2.38. The number of hydrogen-bond donors (Lipinski definition) is 2. The standard InChI is InChI=1S/C20H36N4O3/c1-4-5-17(24-11-8-22-16(19(24)26)12-14(2)3)20(27)23-9-6-15(7-10-23)13-18(21)25/h14-17,22H,4-13H2,1-3H3,(H2,21,25). The fourth-order valence-corrected chi connectivity index (χ4v) is 4.26. The average Bonchev–Trinajstić information content (AvgIpc) is 2.61. The molecule has 3 N–H and O–H groups in total. The Hall–Kier alpha value is -1.63. The summed E-state index contributed by atoms with van der Waals surface area (Å²) < 4.78 is 0. The zero-order valence-corrected chi connectivity index (χ0v) is 17.1. The van der Waals surface area contributed by atoms with Gasteiger partial charge in [0, 0.05) is 32.6 Å². The monoisotopic (exact) mass is 380 g/mol. The molecule has 7 heteroatoms. The lowest BCUT2D eigenvalue weighted by atomic mass is 9.92. The van der Waals surface area contributed by atoms with E-state index in [9.17, 15) is 14.4 Å². The van der Waals surface area contributed by atoms with Crippen LogP contribution in [0, 0.1) is 11.8 Å². The normalized spacial score (nSPS) is 23.0. The molecule has 0 radical (unpaired) electrons. The highest BCUT2D eigenvalue weighted by atomic mass is 16.2. The second kappa shape index (κ2) is 10.1. The molecule has 7 nitrogen and oxygen atoms in total. The predicted octanol–water partition coefficient (Wildman–Crippen LogP) is 1.12. The number of rotatable bonds is 8. The summed E-state index contributed by atoms with van der Waals surface area (Å²) in [6, 6.07) is -0.556.